The molecule has 0 aliphatic carbocycles. The summed E-state index contributed by atoms with van der Waals surface area (Å²) in [6, 6.07) is 42.4. The molecule has 2 nitrogen and oxygen atoms in total. The van der Waals surface area contributed by atoms with Crippen LogP contribution in [0.15, 0.2) is 132 Å². The molecule has 0 aromatic heterocycles. The van der Waals surface area contributed by atoms with Gasteiger partial charge in [-0.05, 0) is 35.2 Å². The average molecular weight is 419 g/mol. The minimum atomic E-state index is -0.433. The van der Waals surface area contributed by atoms with E-state index >= 15 is 0 Å². The van der Waals surface area contributed by atoms with E-state index in [4.69, 9.17) is 10.2 Å². The van der Waals surface area contributed by atoms with Gasteiger partial charge in [-0.2, -0.15) is 10.2 Å². The Balaban J connectivity index is 1.98. The van der Waals surface area contributed by atoms with Crippen LogP contribution in [-0.2, 0) is 5.41 Å². The molecule has 2 heteroatoms. The van der Waals surface area contributed by atoms with E-state index < -0.39 is 5.41 Å². The maximum absolute atomic E-state index is 5.06. The predicted molar refractivity (Wildman–Crippen MR) is 133 cm³/mol. The Morgan fingerprint density at radius 3 is 1.41 bits per heavy atom. The molecule has 0 aliphatic heterocycles. The van der Waals surface area contributed by atoms with Crippen molar-refractivity contribution in [3.63, 3.8) is 0 Å². The van der Waals surface area contributed by atoms with Crippen molar-refractivity contribution in [2.75, 3.05) is 0 Å². The van der Waals surface area contributed by atoms with Crippen LogP contribution in [0.1, 0.15) is 42.9 Å². The van der Waals surface area contributed by atoms with E-state index in [2.05, 4.69) is 97.9 Å². The fourth-order valence-electron chi connectivity index (χ4n) is 4.57. The van der Waals surface area contributed by atoms with E-state index in [0.29, 0.717) is 0 Å². The first kappa shape index (κ1) is 21.7. The van der Waals surface area contributed by atoms with Crippen LogP contribution in [0.4, 0.5) is 5.69 Å². The summed E-state index contributed by atoms with van der Waals surface area (Å²) in [6.45, 7) is 2.24. The molecule has 160 valence electrons. The van der Waals surface area contributed by atoms with Gasteiger partial charge in [0.2, 0.25) is 0 Å². The third kappa shape index (κ3) is 4.55. The highest BCUT2D eigenvalue weighted by molar-refractivity contribution is 5.52. The Morgan fingerprint density at radius 1 is 0.594 bits per heavy atom. The number of nitrogens with zero attached hydrogens (tertiary/aromatic N) is 2. The molecule has 4 aromatic carbocycles. The molecule has 1 unspecified atom stereocenters. The fraction of sp³-hybridized carbons (Fsp3) is 0.200. The van der Waals surface area contributed by atoms with Gasteiger partial charge < -0.3 is 0 Å². The zero-order chi connectivity index (χ0) is 22.1. The molecular formula is C30H30N2. The van der Waals surface area contributed by atoms with Crippen LogP contribution in [-0.4, -0.2) is 6.04 Å². The van der Waals surface area contributed by atoms with Crippen molar-refractivity contribution in [3.05, 3.63) is 138 Å². The topological polar surface area (TPSA) is 24.7 Å². The summed E-state index contributed by atoms with van der Waals surface area (Å²) in [5, 5.41) is 9.79. The molecule has 4 rings (SSSR count). The van der Waals surface area contributed by atoms with Crippen LogP contribution in [0.25, 0.3) is 0 Å². The van der Waals surface area contributed by atoms with Gasteiger partial charge in [-0.25, -0.2) is 0 Å². The van der Waals surface area contributed by atoms with E-state index in [-0.39, 0.29) is 6.04 Å². The maximum Gasteiger partial charge on any atom is 0.0890 e. The van der Waals surface area contributed by atoms with E-state index in [1.54, 1.807) is 0 Å². The minimum absolute atomic E-state index is 0.0464. The molecule has 4 aromatic rings. The first-order chi connectivity index (χ1) is 15.9. The van der Waals surface area contributed by atoms with Gasteiger partial charge in [-0.15, -0.1) is 0 Å². The number of rotatable bonds is 9. The largest absolute Gasteiger partial charge is 0.184 e. The number of unbranched alkanes of at least 4 members (excludes halogenated alkanes) is 1. The Morgan fingerprint density at radius 2 is 1.00 bits per heavy atom. The van der Waals surface area contributed by atoms with Crippen LogP contribution in [0, 0.1) is 0 Å². The minimum Gasteiger partial charge on any atom is -0.184 e. The first-order valence-electron chi connectivity index (χ1n) is 11.5. The molecule has 0 spiro atoms. The molecule has 0 saturated carbocycles. The maximum atomic E-state index is 5.06. The standard InChI is InChI=1S/C30H30N2/c1-2-3-24-29(32-31-28-22-14-7-15-23-28)30(25-16-8-4-9-17-25,26-18-10-5-11-19-26)27-20-12-6-13-21-27/h4-23,29H,2-3,24H2,1H3. The summed E-state index contributed by atoms with van der Waals surface area (Å²) < 4.78 is 0. The van der Waals surface area contributed by atoms with Gasteiger partial charge in [0.25, 0.3) is 0 Å². The molecule has 0 saturated heterocycles. The highest BCUT2D eigenvalue weighted by Crippen LogP contribution is 2.45. The lowest BCUT2D eigenvalue weighted by Gasteiger charge is -2.40. The smallest absolute Gasteiger partial charge is 0.0890 e. The quantitative estimate of drug-likeness (QED) is 0.193. The first-order valence-corrected chi connectivity index (χ1v) is 11.5. The number of hydrogen-bond donors (Lipinski definition) is 0. The van der Waals surface area contributed by atoms with Crippen LogP contribution >= 0.6 is 0 Å². The summed E-state index contributed by atoms with van der Waals surface area (Å²) >= 11 is 0. The normalized spacial score (nSPS) is 12.7. The van der Waals surface area contributed by atoms with Crippen LogP contribution < -0.4 is 0 Å². The molecule has 0 aliphatic rings. The zero-order valence-corrected chi connectivity index (χ0v) is 18.6. The van der Waals surface area contributed by atoms with Gasteiger partial charge >= 0.3 is 0 Å². The van der Waals surface area contributed by atoms with Crippen molar-refractivity contribution in [2.24, 2.45) is 10.2 Å². The van der Waals surface area contributed by atoms with Crippen molar-refractivity contribution < 1.29 is 0 Å². The summed E-state index contributed by atoms with van der Waals surface area (Å²) in [5.74, 6) is 0. The molecule has 0 fully saturated rings. The van der Waals surface area contributed by atoms with Crippen molar-refractivity contribution >= 4 is 5.69 Å². The molecule has 0 bridgehead atoms. The monoisotopic (exact) mass is 418 g/mol. The molecule has 1 atom stereocenters. The van der Waals surface area contributed by atoms with Crippen LogP contribution in [0.2, 0.25) is 0 Å². The Labute approximate surface area is 191 Å². The molecule has 32 heavy (non-hydrogen) atoms. The molecule has 0 radical (unpaired) electrons. The Bertz CT molecular complexity index is 994. The van der Waals surface area contributed by atoms with Crippen LogP contribution in [0.5, 0.6) is 0 Å². The Kier molecular flexibility index (Phi) is 7.24. The van der Waals surface area contributed by atoms with Gasteiger partial charge in [0, 0.05) is 0 Å². The zero-order valence-electron chi connectivity index (χ0n) is 18.6. The Hall–Kier alpha value is -3.52. The predicted octanol–water partition coefficient (Wildman–Crippen LogP) is 8.36. The fourth-order valence-corrected chi connectivity index (χ4v) is 4.57. The number of benzene rings is 4. The SMILES string of the molecule is CCCCC(N=Nc1ccccc1)C(c1ccccc1)(c1ccccc1)c1ccccc1. The van der Waals surface area contributed by atoms with Crippen molar-refractivity contribution in [3.8, 4) is 0 Å². The van der Waals surface area contributed by atoms with Gasteiger partial charge in [-0.1, -0.05) is 129 Å². The lowest BCUT2D eigenvalue weighted by Crippen LogP contribution is -2.41. The number of azo groups is 1. The molecule has 0 N–H and O–H groups in total. The van der Waals surface area contributed by atoms with Gasteiger partial charge in [0.15, 0.2) is 0 Å². The van der Waals surface area contributed by atoms with Crippen molar-refractivity contribution in [1.29, 1.82) is 0 Å². The average Bonchev–Trinajstić information content (AvgIpc) is 2.88. The van der Waals surface area contributed by atoms with Gasteiger partial charge in [-0.3, -0.25) is 0 Å². The molecule has 0 amide bonds. The second-order valence-electron chi connectivity index (χ2n) is 8.12. The van der Waals surface area contributed by atoms with E-state index in [1.165, 1.54) is 16.7 Å². The van der Waals surface area contributed by atoms with Gasteiger partial charge in [0.1, 0.15) is 0 Å². The lowest BCUT2D eigenvalue weighted by atomic mass is 9.64. The van der Waals surface area contributed by atoms with E-state index in [0.717, 1.165) is 24.9 Å². The number of hydrogen-bond acceptors (Lipinski definition) is 2. The third-order valence-electron chi connectivity index (χ3n) is 6.09. The third-order valence-corrected chi connectivity index (χ3v) is 6.09. The van der Waals surface area contributed by atoms with Crippen molar-refractivity contribution in [2.45, 2.75) is 37.6 Å². The van der Waals surface area contributed by atoms with Crippen molar-refractivity contribution in [1.82, 2.24) is 0 Å². The summed E-state index contributed by atoms with van der Waals surface area (Å²) in [7, 11) is 0. The van der Waals surface area contributed by atoms with E-state index in [9.17, 15) is 0 Å². The summed E-state index contributed by atoms with van der Waals surface area (Å²) in [5.41, 5.74) is 4.18. The highest BCUT2D eigenvalue weighted by Gasteiger charge is 2.43. The second-order valence-corrected chi connectivity index (χ2v) is 8.12. The highest BCUT2D eigenvalue weighted by atomic mass is 15.1. The van der Waals surface area contributed by atoms with E-state index in [1.807, 2.05) is 30.3 Å². The second kappa shape index (κ2) is 10.7. The summed E-state index contributed by atoms with van der Waals surface area (Å²) in [6.07, 6.45) is 3.16. The molecular weight excluding hydrogens is 388 g/mol. The van der Waals surface area contributed by atoms with Gasteiger partial charge in [0.05, 0.1) is 17.1 Å². The lowest BCUT2D eigenvalue weighted by molar-refractivity contribution is 0.423. The molecule has 0 heterocycles. The van der Waals surface area contributed by atoms with Crippen LogP contribution in [0.3, 0.4) is 0 Å². The summed E-state index contributed by atoms with van der Waals surface area (Å²) in [4.78, 5) is 0.